The Morgan fingerprint density at radius 2 is 2.47 bits per heavy atom. The van der Waals surface area contributed by atoms with Crippen LogP contribution in [0.1, 0.15) is 10.4 Å². The monoisotopic (exact) mass is 303 g/mol. The largest absolute Gasteiger partial charge is 0.311 e. The number of thiophene rings is 1. The molecule has 0 aliphatic rings. The van der Waals surface area contributed by atoms with Crippen molar-refractivity contribution in [2.24, 2.45) is 0 Å². The number of terminal acetylenes is 1. The standard InChI is InChI=1S/C11H14BrNS2/c1-3-5-14-6-4-13-8-10-7-9(2)11(12)15-10/h1,7,13H,4-6,8H2,2H3. The first-order valence-electron chi connectivity index (χ1n) is 4.70. The van der Waals surface area contributed by atoms with Crippen molar-refractivity contribution < 1.29 is 0 Å². The summed E-state index contributed by atoms with van der Waals surface area (Å²) in [5.41, 5.74) is 1.32. The normalized spacial score (nSPS) is 10.2. The maximum Gasteiger partial charge on any atom is 0.0730 e. The highest BCUT2D eigenvalue weighted by Gasteiger charge is 2.01. The smallest absolute Gasteiger partial charge is 0.0730 e. The number of halogens is 1. The molecule has 0 bridgehead atoms. The van der Waals surface area contributed by atoms with E-state index in [9.17, 15) is 0 Å². The van der Waals surface area contributed by atoms with Crippen molar-refractivity contribution in [1.29, 1.82) is 0 Å². The molecule has 0 unspecified atom stereocenters. The summed E-state index contributed by atoms with van der Waals surface area (Å²) >= 11 is 7.11. The van der Waals surface area contributed by atoms with Gasteiger partial charge in [-0.25, -0.2) is 0 Å². The highest BCUT2D eigenvalue weighted by molar-refractivity contribution is 9.11. The fourth-order valence-corrected chi connectivity index (χ4v) is 3.25. The van der Waals surface area contributed by atoms with E-state index in [2.05, 4.69) is 40.2 Å². The van der Waals surface area contributed by atoms with Gasteiger partial charge >= 0.3 is 0 Å². The average molecular weight is 304 g/mol. The van der Waals surface area contributed by atoms with E-state index in [0.717, 1.165) is 24.6 Å². The van der Waals surface area contributed by atoms with Crippen molar-refractivity contribution in [3.63, 3.8) is 0 Å². The summed E-state index contributed by atoms with van der Waals surface area (Å²) in [6.45, 7) is 4.08. The molecule has 1 rings (SSSR count). The van der Waals surface area contributed by atoms with Gasteiger partial charge in [0.05, 0.1) is 9.54 Å². The molecule has 0 saturated heterocycles. The lowest BCUT2D eigenvalue weighted by molar-refractivity contribution is 0.741. The molecule has 0 amide bonds. The maximum atomic E-state index is 5.16. The second-order valence-electron chi connectivity index (χ2n) is 3.10. The van der Waals surface area contributed by atoms with Gasteiger partial charge in [-0.1, -0.05) is 5.92 Å². The maximum absolute atomic E-state index is 5.16. The number of nitrogens with one attached hydrogen (secondary N) is 1. The van der Waals surface area contributed by atoms with Crippen LogP contribution in [0.25, 0.3) is 0 Å². The van der Waals surface area contributed by atoms with Gasteiger partial charge in [-0.3, -0.25) is 0 Å². The molecule has 0 radical (unpaired) electrons. The van der Waals surface area contributed by atoms with E-state index in [1.807, 2.05) is 0 Å². The number of rotatable bonds is 6. The summed E-state index contributed by atoms with van der Waals surface area (Å²) in [5.74, 6) is 4.51. The minimum Gasteiger partial charge on any atom is -0.311 e. The van der Waals surface area contributed by atoms with Crippen molar-refractivity contribution in [2.75, 3.05) is 18.1 Å². The fraction of sp³-hybridized carbons (Fsp3) is 0.455. The van der Waals surface area contributed by atoms with Crippen LogP contribution < -0.4 is 5.32 Å². The van der Waals surface area contributed by atoms with Gasteiger partial charge in [0, 0.05) is 23.7 Å². The molecule has 0 aromatic carbocycles. The van der Waals surface area contributed by atoms with Gasteiger partial charge in [0.25, 0.3) is 0 Å². The topological polar surface area (TPSA) is 12.0 Å². The van der Waals surface area contributed by atoms with Crippen LogP contribution in [0.5, 0.6) is 0 Å². The van der Waals surface area contributed by atoms with Crippen LogP contribution in [0, 0.1) is 19.3 Å². The van der Waals surface area contributed by atoms with E-state index in [1.165, 1.54) is 14.2 Å². The Labute approximate surface area is 108 Å². The number of aryl methyl sites for hydroxylation is 1. The summed E-state index contributed by atoms with van der Waals surface area (Å²) in [7, 11) is 0. The third kappa shape index (κ3) is 5.07. The summed E-state index contributed by atoms with van der Waals surface area (Å²) in [6.07, 6.45) is 5.16. The van der Waals surface area contributed by atoms with Crippen molar-refractivity contribution >= 4 is 39.0 Å². The Bertz CT molecular complexity index is 321. The van der Waals surface area contributed by atoms with E-state index in [1.54, 1.807) is 23.1 Å². The molecule has 1 aromatic rings. The van der Waals surface area contributed by atoms with Gasteiger partial charge in [0.15, 0.2) is 0 Å². The average Bonchev–Trinajstić information content (AvgIpc) is 2.52. The Morgan fingerprint density at radius 1 is 1.67 bits per heavy atom. The van der Waals surface area contributed by atoms with Gasteiger partial charge in [-0.05, 0) is 34.5 Å². The molecular formula is C11H14BrNS2. The predicted octanol–water partition coefficient (Wildman–Crippen LogP) is 3.28. The minimum absolute atomic E-state index is 0.811. The van der Waals surface area contributed by atoms with Crippen LogP contribution in [-0.4, -0.2) is 18.1 Å². The third-order valence-electron chi connectivity index (χ3n) is 1.82. The molecule has 82 valence electrons. The molecule has 0 atom stereocenters. The number of thioether (sulfide) groups is 1. The first kappa shape index (κ1) is 13.1. The van der Waals surface area contributed by atoms with E-state index < -0.39 is 0 Å². The lowest BCUT2D eigenvalue weighted by Crippen LogP contribution is -2.15. The zero-order chi connectivity index (χ0) is 11.1. The quantitative estimate of drug-likeness (QED) is 0.639. The van der Waals surface area contributed by atoms with E-state index >= 15 is 0 Å². The van der Waals surface area contributed by atoms with E-state index in [4.69, 9.17) is 6.42 Å². The van der Waals surface area contributed by atoms with Gasteiger partial charge < -0.3 is 5.32 Å². The second kappa shape index (κ2) is 7.34. The van der Waals surface area contributed by atoms with E-state index in [-0.39, 0.29) is 0 Å². The summed E-state index contributed by atoms with van der Waals surface area (Å²) in [6, 6.07) is 2.22. The van der Waals surface area contributed by atoms with Gasteiger partial charge in [-0.15, -0.1) is 29.5 Å². The van der Waals surface area contributed by atoms with Crippen LogP contribution in [-0.2, 0) is 6.54 Å². The van der Waals surface area contributed by atoms with Crippen molar-refractivity contribution in [2.45, 2.75) is 13.5 Å². The van der Waals surface area contributed by atoms with Crippen molar-refractivity contribution in [1.82, 2.24) is 5.32 Å². The highest BCUT2D eigenvalue weighted by atomic mass is 79.9. The Balaban J connectivity index is 2.13. The van der Waals surface area contributed by atoms with Crippen LogP contribution in [0.4, 0.5) is 0 Å². The Kier molecular flexibility index (Phi) is 6.42. The molecular weight excluding hydrogens is 290 g/mol. The van der Waals surface area contributed by atoms with Crippen LogP contribution in [0.3, 0.4) is 0 Å². The molecule has 1 nitrogen and oxygen atoms in total. The Morgan fingerprint density at radius 3 is 3.07 bits per heavy atom. The Hall–Kier alpha value is 0.0500. The first-order chi connectivity index (χ1) is 7.24. The molecule has 0 saturated carbocycles. The van der Waals surface area contributed by atoms with Gasteiger partial charge in [0.1, 0.15) is 0 Å². The van der Waals surface area contributed by atoms with Gasteiger partial charge in [0.2, 0.25) is 0 Å². The van der Waals surface area contributed by atoms with Crippen LogP contribution in [0.2, 0.25) is 0 Å². The molecule has 15 heavy (non-hydrogen) atoms. The molecule has 0 aliphatic heterocycles. The van der Waals surface area contributed by atoms with Crippen molar-refractivity contribution in [3.8, 4) is 12.3 Å². The third-order valence-corrected chi connectivity index (χ3v) is 4.82. The molecule has 1 N–H and O–H groups in total. The SMILES string of the molecule is C#CCSCCNCc1cc(C)c(Br)s1. The summed E-state index contributed by atoms with van der Waals surface area (Å²) < 4.78 is 1.24. The molecule has 4 heteroatoms. The zero-order valence-corrected chi connectivity index (χ0v) is 11.9. The van der Waals surface area contributed by atoms with Crippen LogP contribution in [0.15, 0.2) is 9.85 Å². The lowest BCUT2D eigenvalue weighted by Gasteiger charge is -2.00. The highest BCUT2D eigenvalue weighted by Crippen LogP contribution is 2.26. The molecule has 0 spiro atoms. The number of hydrogen-bond acceptors (Lipinski definition) is 3. The molecule has 1 heterocycles. The molecule has 0 fully saturated rings. The minimum atomic E-state index is 0.811. The summed E-state index contributed by atoms with van der Waals surface area (Å²) in [4.78, 5) is 1.38. The van der Waals surface area contributed by atoms with Crippen molar-refractivity contribution in [3.05, 3.63) is 20.3 Å². The predicted molar refractivity (Wildman–Crippen MR) is 74.6 cm³/mol. The lowest BCUT2D eigenvalue weighted by atomic mass is 10.3. The van der Waals surface area contributed by atoms with Crippen LogP contribution >= 0.6 is 39.0 Å². The molecule has 1 aromatic heterocycles. The second-order valence-corrected chi connectivity index (χ2v) is 6.66. The zero-order valence-electron chi connectivity index (χ0n) is 8.68. The first-order valence-corrected chi connectivity index (χ1v) is 7.47. The van der Waals surface area contributed by atoms with Gasteiger partial charge in [-0.2, -0.15) is 0 Å². The number of hydrogen-bond donors (Lipinski definition) is 1. The fourth-order valence-electron chi connectivity index (χ4n) is 1.10. The van der Waals surface area contributed by atoms with E-state index in [0.29, 0.717) is 0 Å². The summed E-state index contributed by atoms with van der Waals surface area (Å²) in [5, 5.41) is 3.40. The molecule has 0 aliphatic carbocycles.